The predicted octanol–water partition coefficient (Wildman–Crippen LogP) is 4.87. The summed E-state index contributed by atoms with van der Waals surface area (Å²) in [7, 11) is 0. The van der Waals surface area contributed by atoms with Gasteiger partial charge in [0.25, 0.3) is 0 Å². The van der Waals surface area contributed by atoms with Crippen LogP contribution in [0, 0.1) is 0 Å². The monoisotopic (exact) mass is 424 g/mol. The summed E-state index contributed by atoms with van der Waals surface area (Å²) in [6, 6.07) is 11.8. The van der Waals surface area contributed by atoms with Crippen molar-refractivity contribution in [3.63, 3.8) is 0 Å². The molecule has 0 radical (unpaired) electrons. The third kappa shape index (κ3) is 7.17. The van der Waals surface area contributed by atoms with E-state index < -0.39 is 0 Å². The minimum atomic E-state index is -0.235. The van der Waals surface area contributed by atoms with Gasteiger partial charge in [0.2, 0.25) is 5.91 Å². The molecule has 0 fully saturated rings. The lowest BCUT2D eigenvalue weighted by atomic mass is 10.1. The molecule has 0 bridgehead atoms. The van der Waals surface area contributed by atoms with E-state index in [1.54, 1.807) is 42.5 Å². The van der Waals surface area contributed by atoms with Crippen LogP contribution in [0.4, 0.5) is 5.69 Å². The fourth-order valence-electron chi connectivity index (χ4n) is 2.17. The molecule has 0 spiro atoms. The number of ether oxygens (including phenoxy) is 1. The van der Waals surface area contributed by atoms with Crippen LogP contribution in [-0.2, 0) is 4.79 Å². The molecular formula is C19H18Cl2N2O3S. The zero-order valence-electron chi connectivity index (χ0n) is 14.6. The zero-order valence-corrected chi connectivity index (χ0v) is 16.9. The van der Waals surface area contributed by atoms with Gasteiger partial charge in [-0.05, 0) is 55.9 Å². The molecule has 1 amide bonds. The largest absolute Gasteiger partial charge is 0.492 e. The Morgan fingerprint density at radius 1 is 1.15 bits per heavy atom. The fraction of sp³-hybridized carbons (Fsp3) is 0.211. The zero-order chi connectivity index (χ0) is 19.8. The highest BCUT2D eigenvalue weighted by Gasteiger charge is 2.07. The average Bonchev–Trinajstić information content (AvgIpc) is 2.60. The third-order valence-electron chi connectivity index (χ3n) is 3.48. The van der Waals surface area contributed by atoms with E-state index in [0.29, 0.717) is 40.1 Å². The summed E-state index contributed by atoms with van der Waals surface area (Å²) >= 11 is 17.0. The van der Waals surface area contributed by atoms with Crippen LogP contribution in [0.15, 0.2) is 42.5 Å². The number of carbonyl (C=O) groups is 2. The lowest BCUT2D eigenvalue weighted by Gasteiger charge is -2.11. The minimum Gasteiger partial charge on any atom is -0.492 e. The first-order chi connectivity index (χ1) is 12.8. The second-order valence-corrected chi connectivity index (χ2v) is 6.92. The van der Waals surface area contributed by atoms with Crippen LogP contribution in [0.3, 0.4) is 0 Å². The van der Waals surface area contributed by atoms with E-state index in [0.717, 1.165) is 0 Å². The lowest BCUT2D eigenvalue weighted by Crippen LogP contribution is -2.34. The van der Waals surface area contributed by atoms with Crippen LogP contribution in [0.5, 0.6) is 5.75 Å². The standard InChI is InChI=1S/C19H18Cl2N2O3S/c1-12(24)13-4-2-5-15(10-13)22-19(27)23-18(25)6-3-9-26-17-8-7-14(20)11-16(17)21/h2,4-5,7-8,10-11H,3,6,9H2,1H3,(H2,22,23,25,27). The molecule has 0 unspecified atom stereocenters. The van der Waals surface area contributed by atoms with Gasteiger partial charge in [-0.15, -0.1) is 0 Å². The van der Waals surface area contributed by atoms with E-state index in [4.69, 9.17) is 40.2 Å². The van der Waals surface area contributed by atoms with Gasteiger partial charge in [0.15, 0.2) is 10.9 Å². The summed E-state index contributed by atoms with van der Waals surface area (Å²) in [5.41, 5.74) is 1.20. The Labute approximate surface area is 173 Å². The van der Waals surface area contributed by atoms with Crippen molar-refractivity contribution in [2.24, 2.45) is 0 Å². The molecule has 2 aromatic carbocycles. The molecule has 5 nitrogen and oxygen atoms in total. The van der Waals surface area contributed by atoms with Crippen LogP contribution < -0.4 is 15.4 Å². The quantitative estimate of drug-likeness (QED) is 0.377. The number of rotatable bonds is 7. The number of thiocarbonyl (C=S) groups is 1. The van der Waals surface area contributed by atoms with Crippen molar-refractivity contribution in [3.8, 4) is 5.75 Å². The maximum atomic E-state index is 11.9. The highest BCUT2D eigenvalue weighted by Crippen LogP contribution is 2.27. The van der Waals surface area contributed by atoms with Gasteiger partial charge < -0.3 is 15.4 Å². The highest BCUT2D eigenvalue weighted by molar-refractivity contribution is 7.80. The number of Topliss-reactive ketones (excluding diaryl/α,β-unsaturated/α-hetero) is 1. The Morgan fingerprint density at radius 3 is 2.63 bits per heavy atom. The van der Waals surface area contributed by atoms with Crippen LogP contribution in [0.1, 0.15) is 30.1 Å². The first-order valence-electron chi connectivity index (χ1n) is 8.15. The maximum absolute atomic E-state index is 11.9. The minimum absolute atomic E-state index is 0.0469. The second kappa shape index (κ2) is 10.3. The Bertz CT molecular complexity index is 859. The van der Waals surface area contributed by atoms with Gasteiger partial charge in [-0.3, -0.25) is 9.59 Å². The third-order valence-corrected chi connectivity index (χ3v) is 4.21. The molecule has 142 valence electrons. The number of anilines is 1. The Morgan fingerprint density at radius 2 is 1.93 bits per heavy atom. The topological polar surface area (TPSA) is 67.4 Å². The highest BCUT2D eigenvalue weighted by atomic mass is 35.5. The average molecular weight is 425 g/mol. The summed E-state index contributed by atoms with van der Waals surface area (Å²) in [5, 5.41) is 6.59. The predicted molar refractivity (Wildman–Crippen MR) is 112 cm³/mol. The van der Waals surface area contributed by atoms with Crippen molar-refractivity contribution in [3.05, 3.63) is 58.1 Å². The maximum Gasteiger partial charge on any atom is 0.226 e. The number of nitrogens with one attached hydrogen (secondary N) is 2. The molecule has 0 saturated heterocycles. The van der Waals surface area contributed by atoms with Crippen molar-refractivity contribution in [2.75, 3.05) is 11.9 Å². The van der Waals surface area contributed by atoms with Crippen molar-refractivity contribution < 1.29 is 14.3 Å². The molecule has 0 atom stereocenters. The van der Waals surface area contributed by atoms with Crippen LogP contribution >= 0.6 is 35.4 Å². The van der Waals surface area contributed by atoms with Crippen molar-refractivity contribution in [1.29, 1.82) is 0 Å². The van der Waals surface area contributed by atoms with E-state index >= 15 is 0 Å². The lowest BCUT2D eigenvalue weighted by molar-refractivity contribution is -0.119. The fourth-order valence-corrected chi connectivity index (χ4v) is 2.87. The Kier molecular flexibility index (Phi) is 8.03. The van der Waals surface area contributed by atoms with E-state index in [-0.39, 0.29) is 23.2 Å². The van der Waals surface area contributed by atoms with Gasteiger partial charge in [0, 0.05) is 22.7 Å². The van der Waals surface area contributed by atoms with Crippen molar-refractivity contribution in [2.45, 2.75) is 19.8 Å². The molecule has 0 aliphatic rings. The van der Waals surface area contributed by atoms with E-state index in [1.165, 1.54) is 6.92 Å². The summed E-state index contributed by atoms with van der Waals surface area (Å²) in [5.74, 6) is 0.236. The molecule has 0 saturated carbocycles. The SMILES string of the molecule is CC(=O)c1cccc(NC(=S)NC(=O)CCCOc2ccc(Cl)cc2Cl)c1. The Balaban J connectivity index is 1.72. The molecule has 2 rings (SSSR count). The molecule has 27 heavy (non-hydrogen) atoms. The van der Waals surface area contributed by atoms with E-state index in [1.807, 2.05) is 0 Å². The van der Waals surface area contributed by atoms with Crippen LogP contribution in [0.2, 0.25) is 10.0 Å². The Hall–Kier alpha value is -2.15. The molecule has 8 heteroatoms. The molecular weight excluding hydrogens is 407 g/mol. The summed E-state index contributed by atoms with van der Waals surface area (Å²) in [6.07, 6.45) is 0.730. The second-order valence-electron chi connectivity index (χ2n) is 5.67. The number of benzene rings is 2. The van der Waals surface area contributed by atoms with Gasteiger partial charge in [0.05, 0.1) is 11.6 Å². The summed E-state index contributed by atoms with van der Waals surface area (Å²) < 4.78 is 5.53. The number of ketones is 1. The van der Waals surface area contributed by atoms with Gasteiger partial charge >= 0.3 is 0 Å². The van der Waals surface area contributed by atoms with Crippen molar-refractivity contribution >= 4 is 57.9 Å². The van der Waals surface area contributed by atoms with Gasteiger partial charge in [-0.25, -0.2) is 0 Å². The summed E-state index contributed by atoms with van der Waals surface area (Å²) in [4.78, 5) is 23.3. The van der Waals surface area contributed by atoms with E-state index in [2.05, 4.69) is 10.6 Å². The number of hydrogen-bond acceptors (Lipinski definition) is 4. The number of halogens is 2. The molecule has 2 aromatic rings. The van der Waals surface area contributed by atoms with E-state index in [9.17, 15) is 9.59 Å². The van der Waals surface area contributed by atoms with Crippen molar-refractivity contribution in [1.82, 2.24) is 5.32 Å². The van der Waals surface area contributed by atoms with Gasteiger partial charge in [0.1, 0.15) is 5.75 Å². The van der Waals surface area contributed by atoms with Crippen LogP contribution in [0.25, 0.3) is 0 Å². The smallest absolute Gasteiger partial charge is 0.226 e. The molecule has 0 heterocycles. The normalized spacial score (nSPS) is 10.2. The molecule has 0 aliphatic carbocycles. The number of carbonyl (C=O) groups excluding carboxylic acids is 2. The first kappa shape index (κ1) is 21.2. The van der Waals surface area contributed by atoms with Gasteiger partial charge in [-0.1, -0.05) is 35.3 Å². The number of amides is 1. The molecule has 0 aromatic heterocycles. The van der Waals surface area contributed by atoms with Gasteiger partial charge in [-0.2, -0.15) is 0 Å². The van der Waals surface area contributed by atoms with Crippen LogP contribution in [-0.4, -0.2) is 23.4 Å². The first-order valence-corrected chi connectivity index (χ1v) is 9.31. The molecule has 2 N–H and O–H groups in total. The summed E-state index contributed by atoms with van der Waals surface area (Å²) in [6.45, 7) is 1.81. The molecule has 0 aliphatic heterocycles. The number of hydrogen-bond donors (Lipinski definition) is 2.